The van der Waals surface area contributed by atoms with Gasteiger partial charge in [-0.15, -0.1) is 0 Å². The number of aromatic nitrogens is 2. The number of nitrogens with one attached hydrogen (secondary N) is 1. The quantitative estimate of drug-likeness (QED) is 0.809. The Balaban J connectivity index is 2.55. The summed E-state index contributed by atoms with van der Waals surface area (Å²) in [5.74, 6) is 0.0624. The molecule has 1 aromatic heterocycles. The van der Waals surface area contributed by atoms with Gasteiger partial charge in [0.1, 0.15) is 0 Å². The zero-order chi connectivity index (χ0) is 11.4. The first kappa shape index (κ1) is 11.8. The van der Waals surface area contributed by atoms with E-state index in [-0.39, 0.29) is 11.9 Å². The molecule has 1 N–H and O–H groups in total. The normalized spacial score (nSPS) is 12.5. The molecule has 0 aliphatic carbocycles. The van der Waals surface area contributed by atoms with Crippen molar-refractivity contribution >= 4 is 5.91 Å². The number of amides is 1. The Hall–Kier alpha value is -1.32. The Labute approximate surface area is 90.7 Å². The Bertz CT molecular complexity index is 344. The minimum atomic E-state index is 0.0624. The molecule has 1 unspecified atom stereocenters. The number of hydrogen-bond donors (Lipinski definition) is 1. The van der Waals surface area contributed by atoms with E-state index in [1.54, 1.807) is 4.68 Å². The number of rotatable bonds is 4. The molecular formula is C11H19N3O. The van der Waals surface area contributed by atoms with E-state index in [0.717, 1.165) is 17.8 Å². The molecule has 1 amide bonds. The van der Waals surface area contributed by atoms with Gasteiger partial charge in [0, 0.05) is 18.8 Å². The third-order valence-corrected chi connectivity index (χ3v) is 2.46. The molecule has 1 atom stereocenters. The van der Waals surface area contributed by atoms with Crippen LogP contribution >= 0.6 is 0 Å². The van der Waals surface area contributed by atoms with Crippen molar-refractivity contribution in [2.24, 2.45) is 7.05 Å². The second-order valence-corrected chi connectivity index (χ2v) is 3.95. The van der Waals surface area contributed by atoms with E-state index in [1.807, 2.05) is 27.0 Å². The van der Waals surface area contributed by atoms with Crippen LogP contribution < -0.4 is 5.32 Å². The molecule has 0 aliphatic rings. The van der Waals surface area contributed by atoms with Gasteiger partial charge < -0.3 is 5.32 Å². The predicted molar refractivity (Wildman–Crippen MR) is 59.5 cm³/mol. The maximum absolute atomic E-state index is 11.6. The highest BCUT2D eigenvalue weighted by molar-refractivity contribution is 5.78. The molecule has 0 aromatic carbocycles. The van der Waals surface area contributed by atoms with E-state index in [1.165, 1.54) is 0 Å². The third-order valence-electron chi connectivity index (χ3n) is 2.46. The van der Waals surface area contributed by atoms with Gasteiger partial charge in [0.2, 0.25) is 5.91 Å². The summed E-state index contributed by atoms with van der Waals surface area (Å²) in [4.78, 5) is 11.6. The minimum absolute atomic E-state index is 0.0624. The van der Waals surface area contributed by atoms with E-state index in [9.17, 15) is 4.79 Å². The molecule has 4 heteroatoms. The number of aryl methyl sites for hydroxylation is 2. The summed E-state index contributed by atoms with van der Waals surface area (Å²) in [6.07, 6.45) is 1.36. The van der Waals surface area contributed by atoms with Gasteiger partial charge >= 0.3 is 0 Å². The molecule has 15 heavy (non-hydrogen) atoms. The lowest BCUT2D eigenvalue weighted by molar-refractivity contribution is -0.121. The van der Waals surface area contributed by atoms with Crippen molar-refractivity contribution in [3.8, 4) is 0 Å². The second kappa shape index (κ2) is 4.96. The zero-order valence-electron chi connectivity index (χ0n) is 9.87. The van der Waals surface area contributed by atoms with Crippen LogP contribution in [0, 0.1) is 6.92 Å². The molecule has 0 bridgehead atoms. The number of hydrogen-bond acceptors (Lipinski definition) is 2. The number of carbonyl (C=O) groups is 1. The van der Waals surface area contributed by atoms with Crippen LogP contribution in [-0.4, -0.2) is 21.7 Å². The molecule has 0 aliphatic heterocycles. The summed E-state index contributed by atoms with van der Waals surface area (Å²) in [6.45, 7) is 5.99. The Morgan fingerprint density at radius 2 is 2.33 bits per heavy atom. The van der Waals surface area contributed by atoms with Crippen molar-refractivity contribution in [3.63, 3.8) is 0 Å². The summed E-state index contributed by atoms with van der Waals surface area (Å²) >= 11 is 0. The third kappa shape index (κ3) is 3.38. The average molecular weight is 209 g/mol. The highest BCUT2D eigenvalue weighted by atomic mass is 16.1. The summed E-state index contributed by atoms with van der Waals surface area (Å²) in [5.41, 5.74) is 1.90. The fourth-order valence-electron chi connectivity index (χ4n) is 1.42. The van der Waals surface area contributed by atoms with Crippen molar-refractivity contribution in [1.29, 1.82) is 0 Å². The summed E-state index contributed by atoms with van der Waals surface area (Å²) in [5, 5.41) is 7.13. The smallest absolute Gasteiger partial charge is 0.226 e. The standard InChI is InChI=1S/C11H19N3O/c1-5-8(2)12-11(15)7-10-6-9(3)13-14(10)4/h6,8H,5,7H2,1-4H3,(H,12,15). The summed E-state index contributed by atoms with van der Waals surface area (Å²) in [6, 6.07) is 2.18. The fraction of sp³-hybridized carbons (Fsp3) is 0.636. The lowest BCUT2D eigenvalue weighted by atomic mass is 10.2. The van der Waals surface area contributed by atoms with Crippen LogP contribution in [0.3, 0.4) is 0 Å². The summed E-state index contributed by atoms with van der Waals surface area (Å²) in [7, 11) is 1.86. The molecule has 0 fully saturated rings. The van der Waals surface area contributed by atoms with Crippen LogP contribution in [0.2, 0.25) is 0 Å². The number of carbonyl (C=O) groups excluding carboxylic acids is 1. The second-order valence-electron chi connectivity index (χ2n) is 3.95. The lowest BCUT2D eigenvalue weighted by Crippen LogP contribution is -2.33. The van der Waals surface area contributed by atoms with Gasteiger partial charge in [0.05, 0.1) is 12.1 Å². The van der Waals surface area contributed by atoms with Crippen molar-refractivity contribution < 1.29 is 4.79 Å². The van der Waals surface area contributed by atoms with Gasteiger partial charge in [0.15, 0.2) is 0 Å². The van der Waals surface area contributed by atoms with Gasteiger partial charge in [-0.3, -0.25) is 9.48 Å². The van der Waals surface area contributed by atoms with Crippen molar-refractivity contribution in [2.75, 3.05) is 0 Å². The van der Waals surface area contributed by atoms with Crippen LogP contribution in [0.15, 0.2) is 6.07 Å². The molecule has 4 nitrogen and oxygen atoms in total. The van der Waals surface area contributed by atoms with Gasteiger partial charge in [-0.05, 0) is 26.3 Å². The highest BCUT2D eigenvalue weighted by Gasteiger charge is 2.09. The first-order chi connectivity index (χ1) is 7.02. The molecule has 84 valence electrons. The van der Waals surface area contributed by atoms with E-state index in [0.29, 0.717) is 6.42 Å². The average Bonchev–Trinajstić information content (AvgIpc) is 2.44. The molecule has 1 rings (SSSR count). The highest BCUT2D eigenvalue weighted by Crippen LogP contribution is 2.02. The van der Waals surface area contributed by atoms with Crippen molar-refractivity contribution in [3.05, 3.63) is 17.5 Å². The fourth-order valence-corrected chi connectivity index (χ4v) is 1.42. The van der Waals surface area contributed by atoms with Crippen LogP contribution in [0.4, 0.5) is 0 Å². The van der Waals surface area contributed by atoms with Crippen LogP contribution in [0.25, 0.3) is 0 Å². The largest absolute Gasteiger partial charge is 0.353 e. The van der Waals surface area contributed by atoms with Crippen molar-refractivity contribution in [1.82, 2.24) is 15.1 Å². The molecule has 0 radical (unpaired) electrons. The predicted octanol–water partition coefficient (Wildman–Crippen LogP) is 1.19. The lowest BCUT2D eigenvalue weighted by Gasteiger charge is -2.10. The molecular weight excluding hydrogens is 190 g/mol. The van der Waals surface area contributed by atoms with Crippen molar-refractivity contribution in [2.45, 2.75) is 39.7 Å². The van der Waals surface area contributed by atoms with Crippen LogP contribution in [-0.2, 0) is 18.3 Å². The van der Waals surface area contributed by atoms with Crippen LogP contribution in [0.5, 0.6) is 0 Å². The van der Waals surface area contributed by atoms with E-state index in [2.05, 4.69) is 17.3 Å². The zero-order valence-corrected chi connectivity index (χ0v) is 9.87. The van der Waals surface area contributed by atoms with Crippen LogP contribution in [0.1, 0.15) is 31.7 Å². The van der Waals surface area contributed by atoms with E-state index >= 15 is 0 Å². The van der Waals surface area contributed by atoms with E-state index in [4.69, 9.17) is 0 Å². The Morgan fingerprint density at radius 3 is 2.80 bits per heavy atom. The molecule has 1 aromatic rings. The Kier molecular flexibility index (Phi) is 3.88. The first-order valence-corrected chi connectivity index (χ1v) is 5.31. The minimum Gasteiger partial charge on any atom is -0.353 e. The Morgan fingerprint density at radius 1 is 1.67 bits per heavy atom. The monoisotopic (exact) mass is 209 g/mol. The number of nitrogens with zero attached hydrogens (tertiary/aromatic N) is 2. The first-order valence-electron chi connectivity index (χ1n) is 5.31. The van der Waals surface area contributed by atoms with E-state index < -0.39 is 0 Å². The maximum Gasteiger partial charge on any atom is 0.226 e. The topological polar surface area (TPSA) is 46.9 Å². The SMILES string of the molecule is CCC(C)NC(=O)Cc1cc(C)nn1C. The molecule has 1 heterocycles. The summed E-state index contributed by atoms with van der Waals surface area (Å²) < 4.78 is 1.76. The van der Waals surface area contributed by atoms with Gasteiger partial charge in [0.25, 0.3) is 0 Å². The molecule has 0 saturated carbocycles. The van der Waals surface area contributed by atoms with Gasteiger partial charge in [-0.25, -0.2) is 0 Å². The molecule has 0 saturated heterocycles. The van der Waals surface area contributed by atoms with Gasteiger partial charge in [-0.1, -0.05) is 6.92 Å². The maximum atomic E-state index is 11.6. The molecule has 0 spiro atoms. The van der Waals surface area contributed by atoms with Gasteiger partial charge in [-0.2, -0.15) is 5.10 Å².